The summed E-state index contributed by atoms with van der Waals surface area (Å²) >= 11 is 0. The molecule has 1 aromatic heterocycles. The zero-order valence-corrected chi connectivity index (χ0v) is 11.0. The molecule has 0 aliphatic carbocycles. The van der Waals surface area contributed by atoms with Gasteiger partial charge in [-0.05, 0) is 18.1 Å². The van der Waals surface area contributed by atoms with Crippen molar-refractivity contribution < 1.29 is 8.42 Å². The van der Waals surface area contributed by atoms with Crippen LogP contribution in [0.5, 0.6) is 0 Å². The highest BCUT2D eigenvalue weighted by Gasteiger charge is 2.24. The van der Waals surface area contributed by atoms with Crippen LogP contribution in [0.25, 0.3) is 0 Å². The lowest BCUT2D eigenvalue weighted by Gasteiger charge is -2.20. The molecule has 0 unspecified atom stereocenters. The molecule has 0 saturated heterocycles. The van der Waals surface area contributed by atoms with Crippen LogP contribution in [-0.2, 0) is 10.0 Å². The van der Waals surface area contributed by atoms with Crippen LogP contribution in [0.2, 0.25) is 0 Å². The number of aromatic nitrogens is 1. The molecule has 0 radical (unpaired) electrons. The molecule has 17 heavy (non-hydrogen) atoms. The Bertz CT molecular complexity index is 473. The molecular formula is C10H18N4O2S. The van der Waals surface area contributed by atoms with Gasteiger partial charge >= 0.3 is 0 Å². The number of nitrogens with one attached hydrogen (secondary N) is 1. The molecule has 0 aliphatic rings. The van der Waals surface area contributed by atoms with E-state index in [9.17, 15) is 8.42 Å². The molecule has 0 atom stereocenters. The first kappa shape index (κ1) is 13.9. The van der Waals surface area contributed by atoms with Gasteiger partial charge in [-0.15, -0.1) is 0 Å². The van der Waals surface area contributed by atoms with Gasteiger partial charge in [-0.3, -0.25) is 0 Å². The van der Waals surface area contributed by atoms with Crippen LogP contribution in [0.1, 0.15) is 13.8 Å². The predicted octanol–water partition coefficient (Wildman–Crippen LogP) is 0.644. The molecule has 7 heteroatoms. The van der Waals surface area contributed by atoms with Crippen molar-refractivity contribution in [2.24, 2.45) is 11.8 Å². The number of hydrogen-bond acceptors (Lipinski definition) is 5. The summed E-state index contributed by atoms with van der Waals surface area (Å²) in [6, 6.07) is 3.05. The van der Waals surface area contributed by atoms with Crippen LogP contribution >= 0.6 is 0 Å². The predicted molar refractivity (Wildman–Crippen MR) is 66.7 cm³/mol. The standard InChI is InChI=1S/C10H18N4O2S/c1-8(2)7-14(3)17(15,16)9-5-4-6-12-10(9)13-11/h4-6,8H,7,11H2,1-3H3,(H,12,13). The largest absolute Gasteiger partial charge is 0.307 e. The lowest BCUT2D eigenvalue weighted by atomic mass is 10.2. The fourth-order valence-corrected chi connectivity index (χ4v) is 2.92. The van der Waals surface area contributed by atoms with E-state index < -0.39 is 10.0 Å². The molecule has 96 valence electrons. The second-order valence-electron chi connectivity index (χ2n) is 4.17. The van der Waals surface area contributed by atoms with E-state index in [4.69, 9.17) is 5.84 Å². The zero-order chi connectivity index (χ0) is 13.1. The molecule has 1 aromatic rings. The van der Waals surface area contributed by atoms with E-state index in [1.54, 1.807) is 13.1 Å². The van der Waals surface area contributed by atoms with E-state index in [0.29, 0.717) is 6.54 Å². The van der Waals surface area contributed by atoms with Gasteiger partial charge < -0.3 is 5.43 Å². The maximum Gasteiger partial charge on any atom is 0.246 e. The zero-order valence-electron chi connectivity index (χ0n) is 10.2. The number of hydrazine groups is 1. The molecule has 0 spiro atoms. The van der Waals surface area contributed by atoms with E-state index in [2.05, 4.69) is 10.4 Å². The summed E-state index contributed by atoms with van der Waals surface area (Å²) in [6.45, 7) is 4.36. The van der Waals surface area contributed by atoms with Crippen molar-refractivity contribution in [1.82, 2.24) is 9.29 Å². The third-order valence-electron chi connectivity index (χ3n) is 2.22. The topological polar surface area (TPSA) is 88.3 Å². The number of nitrogen functional groups attached to an aromatic ring is 1. The molecular weight excluding hydrogens is 240 g/mol. The van der Waals surface area contributed by atoms with Crippen molar-refractivity contribution in [3.8, 4) is 0 Å². The first-order valence-electron chi connectivity index (χ1n) is 5.27. The first-order chi connectivity index (χ1) is 7.89. The molecule has 0 bridgehead atoms. The van der Waals surface area contributed by atoms with Gasteiger partial charge in [0, 0.05) is 19.8 Å². The molecule has 1 rings (SSSR count). The Morgan fingerprint density at radius 3 is 2.71 bits per heavy atom. The second-order valence-corrected chi connectivity index (χ2v) is 6.19. The van der Waals surface area contributed by atoms with Crippen molar-refractivity contribution in [2.45, 2.75) is 18.7 Å². The summed E-state index contributed by atoms with van der Waals surface area (Å²) in [5.41, 5.74) is 2.29. The van der Waals surface area contributed by atoms with Crippen LogP contribution in [0.3, 0.4) is 0 Å². The van der Waals surface area contributed by atoms with E-state index in [1.165, 1.54) is 16.6 Å². The Hall–Kier alpha value is -1.18. The molecule has 0 aromatic carbocycles. The first-order valence-corrected chi connectivity index (χ1v) is 6.71. The molecule has 0 amide bonds. The van der Waals surface area contributed by atoms with E-state index in [-0.39, 0.29) is 16.6 Å². The van der Waals surface area contributed by atoms with Crippen molar-refractivity contribution in [1.29, 1.82) is 0 Å². The highest BCUT2D eigenvalue weighted by molar-refractivity contribution is 7.89. The van der Waals surface area contributed by atoms with Gasteiger partial charge in [-0.25, -0.2) is 23.5 Å². The van der Waals surface area contributed by atoms with Crippen LogP contribution in [0.4, 0.5) is 5.82 Å². The highest BCUT2D eigenvalue weighted by Crippen LogP contribution is 2.21. The minimum Gasteiger partial charge on any atom is -0.307 e. The van der Waals surface area contributed by atoms with Gasteiger partial charge in [-0.2, -0.15) is 0 Å². The van der Waals surface area contributed by atoms with E-state index in [1.807, 2.05) is 13.8 Å². The van der Waals surface area contributed by atoms with Crippen LogP contribution in [0, 0.1) is 5.92 Å². The normalized spacial score (nSPS) is 12.1. The Morgan fingerprint density at radius 2 is 2.18 bits per heavy atom. The molecule has 6 nitrogen and oxygen atoms in total. The number of anilines is 1. The minimum absolute atomic E-state index is 0.0886. The second kappa shape index (κ2) is 5.44. The summed E-state index contributed by atoms with van der Waals surface area (Å²) < 4.78 is 25.8. The number of hydrogen-bond donors (Lipinski definition) is 2. The third kappa shape index (κ3) is 3.15. The summed E-state index contributed by atoms with van der Waals surface area (Å²) in [7, 11) is -2.00. The van der Waals surface area contributed by atoms with Gasteiger partial charge in [-0.1, -0.05) is 13.8 Å². The molecule has 0 fully saturated rings. The van der Waals surface area contributed by atoms with Crippen LogP contribution < -0.4 is 11.3 Å². The van der Waals surface area contributed by atoms with Crippen molar-refractivity contribution in [3.05, 3.63) is 18.3 Å². The summed E-state index contributed by atoms with van der Waals surface area (Å²) in [6.07, 6.45) is 1.48. The van der Waals surface area contributed by atoms with E-state index >= 15 is 0 Å². The summed E-state index contributed by atoms with van der Waals surface area (Å²) in [5.74, 6) is 5.66. The number of rotatable bonds is 5. The lowest BCUT2D eigenvalue weighted by Crippen LogP contribution is -2.31. The van der Waals surface area contributed by atoms with Crippen molar-refractivity contribution in [2.75, 3.05) is 19.0 Å². The van der Waals surface area contributed by atoms with Gasteiger partial charge in [0.05, 0.1) is 0 Å². The monoisotopic (exact) mass is 258 g/mol. The fraction of sp³-hybridized carbons (Fsp3) is 0.500. The highest BCUT2D eigenvalue weighted by atomic mass is 32.2. The molecule has 3 N–H and O–H groups in total. The van der Waals surface area contributed by atoms with Crippen LogP contribution in [0.15, 0.2) is 23.2 Å². The maximum atomic E-state index is 12.2. The quantitative estimate of drug-likeness (QED) is 0.598. The van der Waals surface area contributed by atoms with Gasteiger partial charge in [0.2, 0.25) is 10.0 Å². The van der Waals surface area contributed by atoms with Crippen molar-refractivity contribution in [3.63, 3.8) is 0 Å². The lowest BCUT2D eigenvalue weighted by molar-refractivity contribution is 0.417. The average Bonchev–Trinajstić information content (AvgIpc) is 2.28. The number of pyridine rings is 1. The Balaban J connectivity index is 3.13. The molecule has 1 heterocycles. The number of nitrogens with zero attached hydrogens (tertiary/aromatic N) is 2. The summed E-state index contributed by atoms with van der Waals surface area (Å²) in [5, 5.41) is 0. The Kier molecular flexibility index (Phi) is 4.44. The van der Waals surface area contributed by atoms with Gasteiger partial charge in [0.1, 0.15) is 4.90 Å². The minimum atomic E-state index is -3.55. The maximum absolute atomic E-state index is 12.2. The van der Waals surface area contributed by atoms with E-state index in [0.717, 1.165) is 0 Å². The summed E-state index contributed by atoms with van der Waals surface area (Å²) in [4.78, 5) is 3.97. The average molecular weight is 258 g/mol. The number of sulfonamides is 1. The SMILES string of the molecule is CC(C)CN(C)S(=O)(=O)c1cccnc1NN. The van der Waals surface area contributed by atoms with Gasteiger partial charge in [0.15, 0.2) is 5.82 Å². The Labute approximate surface area is 102 Å². The van der Waals surface area contributed by atoms with Crippen LogP contribution in [-0.4, -0.2) is 31.3 Å². The molecule has 0 aliphatic heterocycles. The smallest absolute Gasteiger partial charge is 0.246 e. The number of nitrogens with two attached hydrogens (primary N) is 1. The fourth-order valence-electron chi connectivity index (χ4n) is 1.49. The molecule has 0 saturated carbocycles. The third-order valence-corrected chi connectivity index (χ3v) is 4.07. The van der Waals surface area contributed by atoms with Gasteiger partial charge in [0.25, 0.3) is 0 Å². The van der Waals surface area contributed by atoms with Crippen molar-refractivity contribution >= 4 is 15.8 Å². The Morgan fingerprint density at radius 1 is 1.53 bits per heavy atom.